The topological polar surface area (TPSA) is 80.7 Å². The minimum Gasteiger partial charge on any atom is -0.330 e. The van der Waals surface area contributed by atoms with E-state index in [9.17, 15) is 17.5 Å². The molecule has 2 unspecified atom stereocenters. The molecule has 0 aromatic rings. The van der Waals surface area contributed by atoms with E-state index in [4.69, 9.17) is 4.52 Å². The number of allylic oxidation sites excluding steroid dienone is 6. The molecule has 0 amide bonds. The summed E-state index contributed by atoms with van der Waals surface area (Å²) in [5.41, 5.74) is 4.01. The summed E-state index contributed by atoms with van der Waals surface area (Å²) in [7, 11) is -7.14. The van der Waals surface area contributed by atoms with E-state index in [1.165, 1.54) is 16.7 Å². The quantitative estimate of drug-likeness (QED) is 0.154. The molecule has 1 N–H and O–H groups in total. The van der Waals surface area contributed by atoms with Crippen LogP contribution in [0.15, 0.2) is 34.9 Å². The van der Waals surface area contributed by atoms with Crippen molar-refractivity contribution in [2.75, 3.05) is 6.61 Å². The molecule has 0 aliphatic rings. The van der Waals surface area contributed by atoms with Crippen molar-refractivity contribution < 1.29 is 22.1 Å². The van der Waals surface area contributed by atoms with Crippen molar-refractivity contribution >= 4 is 18.1 Å². The Bertz CT molecular complexity index is 643. The zero-order chi connectivity index (χ0) is 20.9. The first-order valence-corrected chi connectivity index (χ1v) is 12.5. The van der Waals surface area contributed by atoms with E-state index in [-0.39, 0.29) is 13.0 Å². The summed E-state index contributed by atoms with van der Waals surface area (Å²) >= 11 is 0. The highest BCUT2D eigenvalue weighted by molar-refractivity contribution is 7.92. The normalized spacial score (nSPS) is 15.5. The van der Waals surface area contributed by atoms with E-state index < -0.39 is 23.1 Å². The molecule has 2 atom stereocenters. The third kappa shape index (κ3) is 14.0. The molecule has 0 bridgehead atoms. The second kappa shape index (κ2) is 14.3. The van der Waals surface area contributed by atoms with E-state index in [1.807, 2.05) is 0 Å². The van der Waals surface area contributed by atoms with E-state index in [2.05, 4.69) is 45.9 Å². The van der Waals surface area contributed by atoms with E-state index in [0.717, 1.165) is 25.7 Å². The molecule has 27 heavy (non-hydrogen) atoms. The van der Waals surface area contributed by atoms with Crippen LogP contribution in [0.25, 0.3) is 0 Å². The van der Waals surface area contributed by atoms with Crippen LogP contribution in [0.2, 0.25) is 0 Å². The standard InChI is InChI=1S/C20H37O5PS/c1-6-25-26(21)20(27(22,23)24)16-8-7-12-18(4)14-10-15-19(5)13-9-11-17(2)3/h11-12,15,20,26H,6-10,13-14,16H2,1-5H3,(H,22,23,24)/b18-12+,19-15+. The van der Waals surface area contributed by atoms with Gasteiger partial charge in [0.05, 0.1) is 6.61 Å². The maximum Gasteiger partial charge on any atom is 0.276 e. The van der Waals surface area contributed by atoms with Gasteiger partial charge in [-0.15, -0.1) is 0 Å². The lowest BCUT2D eigenvalue weighted by molar-refractivity contribution is 0.345. The van der Waals surface area contributed by atoms with Crippen molar-refractivity contribution in [3.8, 4) is 0 Å². The van der Waals surface area contributed by atoms with Crippen molar-refractivity contribution in [1.82, 2.24) is 0 Å². The summed E-state index contributed by atoms with van der Waals surface area (Å²) in [4.78, 5) is -1.30. The first-order valence-electron chi connectivity index (χ1n) is 9.65. The Kier molecular flexibility index (Phi) is 14.0. The van der Waals surface area contributed by atoms with Crippen LogP contribution in [0.4, 0.5) is 0 Å². The Morgan fingerprint density at radius 1 is 1.00 bits per heavy atom. The van der Waals surface area contributed by atoms with Crippen LogP contribution < -0.4 is 0 Å². The molecule has 0 aromatic heterocycles. The van der Waals surface area contributed by atoms with Crippen LogP contribution in [-0.2, 0) is 19.2 Å². The Hall–Kier alpha value is -0.680. The van der Waals surface area contributed by atoms with Crippen LogP contribution in [0.5, 0.6) is 0 Å². The van der Waals surface area contributed by atoms with Crippen LogP contribution >= 0.6 is 8.03 Å². The van der Waals surface area contributed by atoms with Crippen molar-refractivity contribution in [3.05, 3.63) is 34.9 Å². The molecule has 0 aromatic carbocycles. The van der Waals surface area contributed by atoms with Gasteiger partial charge in [-0.05, 0) is 79.6 Å². The predicted octanol–water partition coefficient (Wildman–Crippen LogP) is 6.30. The SMILES string of the molecule is CCO[PH](=O)C(CCC/C=C(\C)CC/C=C(\C)CCC=C(C)C)S(=O)(=O)O. The van der Waals surface area contributed by atoms with Crippen LogP contribution in [0, 0.1) is 0 Å². The lowest BCUT2D eigenvalue weighted by Gasteiger charge is -2.12. The number of unbranched alkanes of at least 4 members (excludes halogenated alkanes) is 1. The molecule has 5 nitrogen and oxygen atoms in total. The van der Waals surface area contributed by atoms with Crippen LogP contribution in [0.3, 0.4) is 0 Å². The summed E-state index contributed by atoms with van der Waals surface area (Å²) < 4.78 is 48.7. The molecule has 0 saturated heterocycles. The highest BCUT2D eigenvalue weighted by atomic mass is 32.2. The second-order valence-electron chi connectivity index (χ2n) is 7.15. The Morgan fingerprint density at radius 2 is 1.52 bits per heavy atom. The van der Waals surface area contributed by atoms with Gasteiger partial charge in [0.25, 0.3) is 10.1 Å². The summed E-state index contributed by atoms with van der Waals surface area (Å²) in [5.74, 6) is 0. The lowest BCUT2D eigenvalue weighted by Crippen LogP contribution is -2.17. The summed E-state index contributed by atoms with van der Waals surface area (Å²) in [6, 6.07) is 0. The van der Waals surface area contributed by atoms with Gasteiger partial charge in [0.15, 0.2) is 4.99 Å². The van der Waals surface area contributed by atoms with Crippen molar-refractivity contribution in [2.45, 2.75) is 84.6 Å². The van der Waals surface area contributed by atoms with Crippen molar-refractivity contribution in [3.63, 3.8) is 0 Å². The maximum atomic E-state index is 11.8. The molecule has 158 valence electrons. The first kappa shape index (κ1) is 26.3. The highest BCUT2D eigenvalue weighted by Crippen LogP contribution is 2.36. The zero-order valence-electron chi connectivity index (χ0n) is 17.5. The molecule has 0 saturated carbocycles. The second-order valence-corrected chi connectivity index (χ2v) is 10.8. The van der Waals surface area contributed by atoms with Crippen LogP contribution in [0.1, 0.15) is 79.6 Å². The van der Waals surface area contributed by atoms with Gasteiger partial charge in [-0.25, -0.2) is 0 Å². The van der Waals surface area contributed by atoms with Gasteiger partial charge in [0, 0.05) is 0 Å². The summed E-state index contributed by atoms with van der Waals surface area (Å²) in [5, 5.41) is 0. The highest BCUT2D eigenvalue weighted by Gasteiger charge is 2.29. The average molecular weight is 421 g/mol. The fraction of sp³-hybridized carbons (Fsp3) is 0.700. The van der Waals surface area contributed by atoms with E-state index >= 15 is 0 Å². The monoisotopic (exact) mass is 420 g/mol. The van der Waals surface area contributed by atoms with Crippen molar-refractivity contribution in [2.24, 2.45) is 0 Å². The fourth-order valence-corrected chi connectivity index (χ4v) is 5.17. The number of hydrogen-bond donors (Lipinski definition) is 1. The largest absolute Gasteiger partial charge is 0.330 e. The molecular formula is C20H37O5PS. The van der Waals surface area contributed by atoms with E-state index in [1.54, 1.807) is 6.92 Å². The molecule has 0 fully saturated rings. The molecule has 0 radical (unpaired) electrons. The predicted molar refractivity (Wildman–Crippen MR) is 115 cm³/mol. The smallest absolute Gasteiger partial charge is 0.276 e. The minimum atomic E-state index is -4.35. The van der Waals surface area contributed by atoms with Gasteiger partial charge in [-0.1, -0.05) is 34.9 Å². The Morgan fingerprint density at radius 3 is 2.00 bits per heavy atom. The number of hydrogen-bond acceptors (Lipinski definition) is 4. The van der Waals surface area contributed by atoms with Gasteiger partial charge in [-0.2, -0.15) is 8.42 Å². The van der Waals surface area contributed by atoms with Gasteiger partial charge in [0.1, 0.15) is 0 Å². The lowest BCUT2D eigenvalue weighted by atomic mass is 10.1. The van der Waals surface area contributed by atoms with Gasteiger partial charge in [0.2, 0.25) is 8.03 Å². The van der Waals surface area contributed by atoms with Crippen LogP contribution in [-0.4, -0.2) is 24.6 Å². The first-order chi connectivity index (χ1) is 12.6. The third-order valence-corrected chi connectivity index (χ3v) is 8.01. The Labute approximate surface area is 166 Å². The Balaban J connectivity index is 4.31. The molecule has 7 heteroatoms. The molecule has 0 spiro atoms. The van der Waals surface area contributed by atoms with Gasteiger partial charge in [-0.3, -0.25) is 9.12 Å². The average Bonchev–Trinajstić information content (AvgIpc) is 2.53. The molecular weight excluding hydrogens is 383 g/mol. The van der Waals surface area contributed by atoms with E-state index in [0.29, 0.717) is 12.8 Å². The number of rotatable bonds is 14. The minimum absolute atomic E-state index is 0.143. The molecule has 0 aliphatic heterocycles. The van der Waals surface area contributed by atoms with Gasteiger partial charge < -0.3 is 4.52 Å². The summed E-state index contributed by atoms with van der Waals surface area (Å²) in [6.07, 6.45) is 12.1. The zero-order valence-corrected chi connectivity index (χ0v) is 19.3. The summed E-state index contributed by atoms with van der Waals surface area (Å²) in [6.45, 7) is 10.3. The van der Waals surface area contributed by atoms with Crippen molar-refractivity contribution in [1.29, 1.82) is 0 Å². The maximum absolute atomic E-state index is 11.8. The third-order valence-electron chi connectivity index (χ3n) is 4.20. The molecule has 0 heterocycles. The molecule has 0 aliphatic carbocycles. The van der Waals surface area contributed by atoms with Gasteiger partial charge >= 0.3 is 0 Å². The fourth-order valence-electron chi connectivity index (χ4n) is 2.61. The molecule has 0 rings (SSSR count).